The van der Waals surface area contributed by atoms with Crippen LogP contribution in [0.1, 0.15) is 18.4 Å². The molecule has 1 aromatic rings. The van der Waals surface area contributed by atoms with Gasteiger partial charge < -0.3 is 0 Å². The van der Waals surface area contributed by atoms with Crippen LogP contribution < -0.4 is 0 Å². The molecule has 0 radical (unpaired) electrons. The molecule has 7 heteroatoms. The molecular formula is C10H13BrClNO2S2. The Kier molecular flexibility index (Phi) is 4.20. The van der Waals surface area contributed by atoms with Gasteiger partial charge in [-0.15, -0.1) is 22.9 Å². The molecule has 1 aliphatic heterocycles. The van der Waals surface area contributed by atoms with Crippen molar-refractivity contribution < 1.29 is 8.42 Å². The van der Waals surface area contributed by atoms with Crippen LogP contribution in [0.5, 0.6) is 0 Å². The zero-order valence-corrected chi connectivity index (χ0v) is 13.3. The van der Waals surface area contributed by atoms with Gasteiger partial charge in [0.05, 0.1) is 3.79 Å². The highest BCUT2D eigenvalue weighted by atomic mass is 79.9. The average Bonchev–Trinajstić information content (AvgIpc) is 2.60. The van der Waals surface area contributed by atoms with E-state index in [2.05, 4.69) is 15.9 Å². The predicted molar refractivity (Wildman–Crippen MR) is 74.4 cm³/mol. The lowest BCUT2D eigenvalue weighted by atomic mass is 10.2. The molecule has 96 valence electrons. The van der Waals surface area contributed by atoms with E-state index < -0.39 is 10.0 Å². The van der Waals surface area contributed by atoms with Gasteiger partial charge in [-0.2, -0.15) is 4.31 Å². The molecule has 1 aromatic heterocycles. The predicted octanol–water partition coefficient (Wildman–Crippen LogP) is 3.21. The summed E-state index contributed by atoms with van der Waals surface area (Å²) in [5.41, 5.74) is 0.952. The number of halogens is 2. The maximum Gasteiger partial charge on any atom is 0.252 e. The molecule has 3 nitrogen and oxygen atoms in total. The Bertz CT molecular complexity index is 495. The zero-order valence-electron chi connectivity index (χ0n) is 9.32. The lowest BCUT2D eigenvalue weighted by Crippen LogP contribution is -2.40. The van der Waals surface area contributed by atoms with Crippen molar-refractivity contribution in [1.82, 2.24) is 4.31 Å². The summed E-state index contributed by atoms with van der Waals surface area (Å²) < 4.78 is 27.5. The summed E-state index contributed by atoms with van der Waals surface area (Å²) >= 11 is 10.6. The lowest BCUT2D eigenvalue weighted by Gasteiger charge is -2.28. The number of hydrogen-bond acceptors (Lipinski definition) is 3. The fraction of sp³-hybridized carbons (Fsp3) is 0.600. The Morgan fingerprint density at radius 3 is 2.82 bits per heavy atom. The fourth-order valence-electron chi connectivity index (χ4n) is 1.80. The highest BCUT2D eigenvalue weighted by molar-refractivity contribution is 9.11. The van der Waals surface area contributed by atoms with Crippen LogP contribution in [0.15, 0.2) is 14.1 Å². The van der Waals surface area contributed by atoms with Gasteiger partial charge in [-0.3, -0.25) is 0 Å². The van der Waals surface area contributed by atoms with E-state index in [1.807, 2.05) is 6.92 Å². The quantitative estimate of drug-likeness (QED) is 0.761. The van der Waals surface area contributed by atoms with E-state index in [0.29, 0.717) is 17.3 Å². The third-order valence-corrected chi connectivity index (χ3v) is 7.56. The van der Waals surface area contributed by atoms with Gasteiger partial charge in [-0.05, 0) is 47.3 Å². The van der Waals surface area contributed by atoms with Gasteiger partial charge >= 0.3 is 0 Å². The molecule has 1 unspecified atom stereocenters. The third-order valence-electron chi connectivity index (χ3n) is 2.76. The van der Waals surface area contributed by atoms with Gasteiger partial charge in [0.15, 0.2) is 0 Å². The second-order valence-electron chi connectivity index (χ2n) is 4.12. The SMILES string of the molecule is Cc1cc(S(=O)(=O)N2CCCC(Cl)C2)sc1Br. The van der Waals surface area contributed by atoms with Crippen LogP contribution >= 0.6 is 38.9 Å². The second-order valence-corrected chi connectivity index (χ2v) is 9.28. The van der Waals surface area contributed by atoms with Crippen molar-refractivity contribution in [1.29, 1.82) is 0 Å². The largest absolute Gasteiger partial charge is 0.252 e. The van der Waals surface area contributed by atoms with E-state index in [0.717, 1.165) is 22.2 Å². The Labute approximate surface area is 119 Å². The number of rotatable bonds is 2. The normalized spacial score (nSPS) is 22.9. The minimum Gasteiger partial charge on any atom is -0.206 e. The lowest BCUT2D eigenvalue weighted by molar-refractivity contribution is 0.351. The van der Waals surface area contributed by atoms with Crippen molar-refractivity contribution in [3.05, 3.63) is 15.4 Å². The van der Waals surface area contributed by atoms with Gasteiger partial charge in [-0.1, -0.05) is 0 Å². The van der Waals surface area contributed by atoms with Crippen molar-refractivity contribution in [2.45, 2.75) is 29.4 Å². The molecule has 1 fully saturated rings. The summed E-state index contributed by atoms with van der Waals surface area (Å²) in [4.78, 5) is 0. The Morgan fingerprint density at radius 2 is 2.29 bits per heavy atom. The maximum absolute atomic E-state index is 12.4. The van der Waals surface area contributed by atoms with Crippen molar-refractivity contribution in [3.63, 3.8) is 0 Å². The third kappa shape index (κ3) is 2.87. The first-order valence-corrected chi connectivity index (χ1v) is 8.80. The Morgan fingerprint density at radius 1 is 1.59 bits per heavy atom. The van der Waals surface area contributed by atoms with E-state index in [4.69, 9.17) is 11.6 Å². The van der Waals surface area contributed by atoms with Crippen LogP contribution in [-0.4, -0.2) is 31.2 Å². The van der Waals surface area contributed by atoms with Crippen molar-refractivity contribution >= 4 is 48.9 Å². The van der Waals surface area contributed by atoms with Gasteiger partial charge in [-0.25, -0.2) is 8.42 Å². The molecule has 1 aliphatic rings. The summed E-state index contributed by atoms with van der Waals surface area (Å²) in [5.74, 6) is 0. The van der Waals surface area contributed by atoms with Gasteiger partial charge in [0.25, 0.3) is 10.0 Å². The average molecular weight is 359 g/mol. The van der Waals surface area contributed by atoms with E-state index in [1.165, 1.54) is 15.6 Å². The molecule has 0 amide bonds. The first-order valence-electron chi connectivity index (χ1n) is 5.31. The number of sulfonamides is 1. The second kappa shape index (κ2) is 5.17. The molecule has 0 saturated carbocycles. The highest BCUT2D eigenvalue weighted by Crippen LogP contribution is 2.33. The van der Waals surface area contributed by atoms with Crippen LogP contribution in [0.3, 0.4) is 0 Å². The molecule has 17 heavy (non-hydrogen) atoms. The number of hydrogen-bond donors (Lipinski definition) is 0. The van der Waals surface area contributed by atoms with Crippen LogP contribution in [0.4, 0.5) is 0 Å². The molecule has 0 aliphatic carbocycles. The van der Waals surface area contributed by atoms with Crippen molar-refractivity contribution in [2.24, 2.45) is 0 Å². The van der Waals surface area contributed by atoms with Gasteiger partial charge in [0.1, 0.15) is 4.21 Å². The fourth-order valence-corrected chi connectivity index (χ4v) is 6.10. The smallest absolute Gasteiger partial charge is 0.206 e. The van der Waals surface area contributed by atoms with Gasteiger partial charge in [0.2, 0.25) is 0 Å². The van der Waals surface area contributed by atoms with Crippen LogP contribution in [0.2, 0.25) is 0 Å². The molecular weight excluding hydrogens is 346 g/mol. The zero-order chi connectivity index (χ0) is 12.6. The van der Waals surface area contributed by atoms with E-state index in [-0.39, 0.29) is 5.38 Å². The molecule has 0 aromatic carbocycles. The van der Waals surface area contributed by atoms with Crippen molar-refractivity contribution in [3.8, 4) is 0 Å². The summed E-state index contributed by atoms with van der Waals surface area (Å²) in [7, 11) is -3.36. The number of piperidine rings is 1. The van der Waals surface area contributed by atoms with E-state index in [9.17, 15) is 8.42 Å². The monoisotopic (exact) mass is 357 g/mol. The molecule has 1 atom stereocenters. The Balaban J connectivity index is 2.29. The number of alkyl halides is 1. The standard InChI is InChI=1S/C10H13BrClNO2S2/c1-7-5-9(16-10(7)11)17(14,15)13-4-2-3-8(12)6-13/h5,8H,2-4,6H2,1H3. The highest BCUT2D eigenvalue weighted by Gasteiger charge is 2.30. The summed E-state index contributed by atoms with van der Waals surface area (Å²) in [6.45, 7) is 2.87. The number of thiophene rings is 1. The van der Waals surface area contributed by atoms with Crippen LogP contribution in [0, 0.1) is 6.92 Å². The van der Waals surface area contributed by atoms with Crippen LogP contribution in [-0.2, 0) is 10.0 Å². The molecule has 2 rings (SSSR count). The molecule has 2 heterocycles. The molecule has 0 spiro atoms. The molecule has 0 N–H and O–H groups in total. The van der Waals surface area contributed by atoms with Crippen LogP contribution in [0.25, 0.3) is 0 Å². The Hall–Kier alpha value is 0.380. The molecule has 0 bridgehead atoms. The first-order chi connectivity index (χ1) is 7.91. The summed E-state index contributed by atoms with van der Waals surface area (Å²) in [5, 5.41) is -0.0666. The topological polar surface area (TPSA) is 37.4 Å². The minimum absolute atomic E-state index is 0.0666. The minimum atomic E-state index is -3.36. The van der Waals surface area contributed by atoms with Crippen molar-refractivity contribution in [2.75, 3.05) is 13.1 Å². The molecule has 1 saturated heterocycles. The maximum atomic E-state index is 12.4. The summed E-state index contributed by atoms with van der Waals surface area (Å²) in [6, 6.07) is 1.71. The first kappa shape index (κ1) is 13.8. The number of nitrogens with zero attached hydrogens (tertiary/aromatic N) is 1. The van der Waals surface area contributed by atoms with Gasteiger partial charge in [0, 0.05) is 18.5 Å². The van der Waals surface area contributed by atoms with E-state index >= 15 is 0 Å². The summed E-state index contributed by atoms with van der Waals surface area (Å²) in [6.07, 6.45) is 1.72. The number of aryl methyl sites for hydroxylation is 1. The van der Waals surface area contributed by atoms with E-state index in [1.54, 1.807) is 6.07 Å².